The van der Waals surface area contributed by atoms with Crippen molar-refractivity contribution in [3.63, 3.8) is 0 Å². The second-order valence-corrected chi connectivity index (χ2v) is 5.17. The van der Waals surface area contributed by atoms with Crippen molar-refractivity contribution >= 4 is 17.4 Å². The van der Waals surface area contributed by atoms with Gasteiger partial charge in [-0.3, -0.25) is 4.68 Å². The normalized spacial score (nSPS) is 14.6. The van der Waals surface area contributed by atoms with E-state index in [-0.39, 0.29) is 0 Å². The van der Waals surface area contributed by atoms with Gasteiger partial charge in [0, 0.05) is 30.4 Å². The fourth-order valence-corrected chi connectivity index (χ4v) is 2.10. The lowest BCUT2D eigenvalue weighted by atomic mass is 10.3. The lowest BCUT2D eigenvalue weighted by Gasteiger charge is -2.11. The number of hydrogen-bond acceptors (Lipinski definition) is 4. The third kappa shape index (κ3) is 2.87. The molecule has 1 aliphatic rings. The van der Waals surface area contributed by atoms with E-state index in [0.29, 0.717) is 11.1 Å². The van der Waals surface area contributed by atoms with Gasteiger partial charge in [-0.1, -0.05) is 11.6 Å². The van der Waals surface area contributed by atoms with Crippen LogP contribution in [0.3, 0.4) is 0 Å². The molecule has 0 aliphatic heterocycles. The molecule has 2 aromatic rings. The third-order valence-electron chi connectivity index (χ3n) is 3.24. The fraction of sp³-hybridized carbons (Fsp3) is 0.462. The standard InChI is InChI=1S/C13H16ClN5/c1-9-11(14)17-13(10-3-4-10)18-12(9)15-6-8-19-7-2-5-16-19/h2,5,7,10H,3-4,6,8H2,1H3,(H,15,17,18). The van der Waals surface area contributed by atoms with Gasteiger partial charge in [-0.05, 0) is 25.8 Å². The Hall–Kier alpha value is -1.62. The molecule has 0 radical (unpaired) electrons. The molecule has 19 heavy (non-hydrogen) atoms. The Bertz CT molecular complexity index is 563. The predicted octanol–water partition coefficient (Wildman–Crippen LogP) is 2.62. The lowest BCUT2D eigenvalue weighted by molar-refractivity contribution is 0.636. The Morgan fingerprint density at radius 2 is 2.26 bits per heavy atom. The number of nitrogens with zero attached hydrogens (tertiary/aromatic N) is 4. The van der Waals surface area contributed by atoms with Crippen LogP contribution in [0.1, 0.15) is 30.1 Å². The zero-order chi connectivity index (χ0) is 13.2. The average Bonchev–Trinajstić information content (AvgIpc) is 3.12. The molecule has 0 amide bonds. The van der Waals surface area contributed by atoms with Crippen LogP contribution in [-0.2, 0) is 6.54 Å². The van der Waals surface area contributed by atoms with Crippen molar-refractivity contribution in [1.29, 1.82) is 0 Å². The predicted molar refractivity (Wildman–Crippen MR) is 74.5 cm³/mol. The number of hydrogen-bond donors (Lipinski definition) is 1. The summed E-state index contributed by atoms with van der Waals surface area (Å²) >= 11 is 6.16. The highest BCUT2D eigenvalue weighted by Gasteiger charge is 2.27. The smallest absolute Gasteiger partial charge is 0.137 e. The number of halogens is 1. The van der Waals surface area contributed by atoms with Gasteiger partial charge in [-0.15, -0.1) is 0 Å². The van der Waals surface area contributed by atoms with Gasteiger partial charge in [0.05, 0.1) is 6.54 Å². The molecule has 0 bridgehead atoms. The molecule has 2 heterocycles. The monoisotopic (exact) mass is 277 g/mol. The average molecular weight is 278 g/mol. The maximum atomic E-state index is 6.16. The highest BCUT2D eigenvalue weighted by atomic mass is 35.5. The van der Waals surface area contributed by atoms with E-state index in [1.807, 2.05) is 23.9 Å². The van der Waals surface area contributed by atoms with Crippen molar-refractivity contribution in [3.05, 3.63) is 35.0 Å². The summed E-state index contributed by atoms with van der Waals surface area (Å²) in [5, 5.41) is 8.03. The Kier molecular flexibility index (Phi) is 3.38. The van der Waals surface area contributed by atoms with Gasteiger partial charge in [-0.25, -0.2) is 9.97 Å². The van der Waals surface area contributed by atoms with Gasteiger partial charge >= 0.3 is 0 Å². The van der Waals surface area contributed by atoms with Crippen LogP contribution in [0.25, 0.3) is 0 Å². The van der Waals surface area contributed by atoms with Crippen molar-refractivity contribution in [2.24, 2.45) is 0 Å². The molecule has 0 spiro atoms. The third-order valence-corrected chi connectivity index (χ3v) is 3.61. The Morgan fingerprint density at radius 1 is 1.42 bits per heavy atom. The molecule has 100 valence electrons. The summed E-state index contributed by atoms with van der Waals surface area (Å²) in [5.74, 6) is 2.22. The van der Waals surface area contributed by atoms with E-state index >= 15 is 0 Å². The van der Waals surface area contributed by atoms with Gasteiger partial charge in [-0.2, -0.15) is 5.10 Å². The number of nitrogens with one attached hydrogen (secondary N) is 1. The lowest BCUT2D eigenvalue weighted by Crippen LogP contribution is -2.13. The van der Waals surface area contributed by atoms with Crippen LogP contribution in [-0.4, -0.2) is 26.3 Å². The van der Waals surface area contributed by atoms with E-state index in [1.54, 1.807) is 6.20 Å². The molecule has 5 nitrogen and oxygen atoms in total. The first-order chi connectivity index (χ1) is 9.24. The van der Waals surface area contributed by atoms with Gasteiger partial charge in [0.25, 0.3) is 0 Å². The quantitative estimate of drug-likeness (QED) is 0.854. The highest BCUT2D eigenvalue weighted by Crippen LogP contribution is 2.39. The molecule has 1 aliphatic carbocycles. The second-order valence-electron chi connectivity index (χ2n) is 4.82. The van der Waals surface area contributed by atoms with Crippen LogP contribution >= 0.6 is 11.6 Å². The zero-order valence-corrected chi connectivity index (χ0v) is 11.6. The fourth-order valence-electron chi connectivity index (χ4n) is 1.92. The molecule has 0 saturated heterocycles. The van der Waals surface area contributed by atoms with Crippen molar-refractivity contribution in [1.82, 2.24) is 19.7 Å². The molecule has 1 fully saturated rings. The second kappa shape index (κ2) is 5.17. The summed E-state index contributed by atoms with van der Waals surface area (Å²) in [6, 6.07) is 1.91. The molecule has 6 heteroatoms. The van der Waals surface area contributed by atoms with E-state index < -0.39 is 0 Å². The van der Waals surface area contributed by atoms with Gasteiger partial charge < -0.3 is 5.32 Å². The van der Waals surface area contributed by atoms with Gasteiger partial charge in [0.1, 0.15) is 16.8 Å². The van der Waals surface area contributed by atoms with E-state index in [2.05, 4.69) is 20.4 Å². The van der Waals surface area contributed by atoms with Crippen LogP contribution in [0.15, 0.2) is 18.5 Å². The summed E-state index contributed by atoms with van der Waals surface area (Å²) in [4.78, 5) is 8.93. The van der Waals surface area contributed by atoms with E-state index in [1.165, 1.54) is 12.8 Å². The van der Waals surface area contributed by atoms with E-state index in [4.69, 9.17) is 11.6 Å². The maximum absolute atomic E-state index is 6.16. The van der Waals surface area contributed by atoms with Gasteiger partial charge in [0.2, 0.25) is 0 Å². The summed E-state index contributed by atoms with van der Waals surface area (Å²) in [5.41, 5.74) is 0.909. The van der Waals surface area contributed by atoms with Crippen molar-refractivity contribution < 1.29 is 0 Å². The zero-order valence-electron chi connectivity index (χ0n) is 10.8. The minimum absolute atomic E-state index is 0.504. The Balaban J connectivity index is 1.69. The van der Waals surface area contributed by atoms with Crippen LogP contribution in [0.4, 0.5) is 5.82 Å². The Morgan fingerprint density at radius 3 is 2.95 bits per heavy atom. The Labute approximate surface area is 117 Å². The summed E-state index contributed by atoms with van der Waals surface area (Å²) < 4.78 is 1.88. The number of aromatic nitrogens is 4. The number of rotatable bonds is 5. The van der Waals surface area contributed by atoms with Gasteiger partial charge in [0.15, 0.2) is 0 Å². The molecule has 1 N–H and O–H groups in total. The van der Waals surface area contributed by atoms with E-state index in [9.17, 15) is 0 Å². The number of anilines is 1. The summed E-state index contributed by atoms with van der Waals surface area (Å²) in [6.45, 7) is 3.50. The molecule has 2 aromatic heterocycles. The molecule has 0 unspecified atom stereocenters. The molecular weight excluding hydrogens is 262 g/mol. The largest absolute Gasteiger partial charge is 0.368 e. The molecule has 0 atom stereocenters. The maximum Gasteiger partial charge on any atom is 0.137 e. The first-order valence-electron chi connectivity index (χ1n) is 6.49. The molecule has 0 aromatic carbocycles. The first-order valence-corrected chi connectivity index (χ1v) is 6.87. The van der Waals surface area contributed by atoms with Crippen LogP contribution in [0.5, 0.6) is 0 Å². The van der Waals surface area contributed by atoms with Crippen molar-refractivity contribution in [3.8, 4) is 0 Å². The van der Waals surface area contributed by atoms with Crippen molar-refractivity contribution in [2.75, 3.05) is 11.9 Å². The molecular formula is C13H16ClN5. The topological polar surface area (TPSA) is 55.6 Å². The van der Waals surface area contributed by atoms with Crippen molar-refractivity contribution in [2.45, 2.75) is 32.2 Å². The minimum atomic E-state index is 0.504. The summed E-state index contributed by atoms with van der Waals surface area (Å²) in [6.07, 6.45) is 6.06. The van der Waals surface area contributed by atoms with Crippen LogP contribution in [0.2, 0.25) is 5.15 Å². The van der Waals surface area contributed by atoms with Crippen LogP contribution in [0, 0.1) is 6.92 Å². The minimum Gasteiger partial charge on any atom is -0.368 e. The van der Waals surface area contributed by atoms with E-state index in [0.717, 1.165) is 30.3 Å². The van der Waals surface area contributed by atoms with Crippen LogP contribution < -0.4 is 5.32 Å². The first kappa shape index (κ1) is 12.4. The SMILES string of the molecule is Cc1c(Cl)nc(C2CC2)nc1NCCn1cccn1. The summed E-state index contributed by atoms with van der Waals surface area (Å²) in [7, 11) is 0. The highest BCUT2D eigenvalue weighted by molar-refractivity contribution is 6.30. The molecule has 3 rings (SSSR count). The molecule has 1 saturated carbocycles.